The fourth-order valence-electron chi connectivity index (χ4n) is 7.57. The van der Waals surface area contributed by atoms with Crippen molar-refractivity contribution < 1.29 is 55.3 Å². The third kappa shape index (κ3) is 10.5. The number of hydrogen-bond donors (Lipinski definition) is 3. The Kier molecular flexibility index (Phi) is 13.7. The Hall–Kier alpha value is -6.69. The van der Waals surface area contributed by atoms with Crippen molar-refractivity contribution in [1.29, 1.82) is 5.26 Å². The zero-order valence-corrected chi connectivity index (χ0v) is 38.5. The summed E-state index contributed by atoms with van der Waals surface area (Å²) in [5.41, 5.74) is 4.82. The van der Waals surface area contributed by atoms with Gasteiger partial charge in [-0.2, -0.15) is 22.7 Å². The molecule has 6 aromatic rings. The number of aromatic nitrogens is 1. The fraction of sp³-hybridized carbons (Fsp3) is 0.213. The zero-order chi connectivity index (χ0) is 48.5. The second-order valence-corrected chi connectivity index (χ2v) is 19.6. The lowest BCUT2D eigenvalue weighted by atomic mass is 9.94. The van der Waals surface area contributed by atoms with Gasteiger partial charge in [-0.1, -0.05) is 89.1 Å². The van der Waals surface area contributed by atoms with E-state index in [2.05, 4.69) is 16.4 Å². The molecular formula is C47H36Cl2F3N5O9S2. The average molecular weight is 1010 g/mol. The van der Waals surface area contributed by atoms with Crippen LogP contribution in [0.3, 0.4) is 0 Å². The summed E-state index contributed by atoms with van der Waals surface area (Å²) in [5, 5.41) is 23.7. The smallest absolute Gasteiger partial charge is 0.471 e. The summed E-state index contributed by atoms with van der Waals surface area (Å²) in [6, 6.07) is 28.3. The largest absolute Gasteiger partial charge is 0.489 e. The predicted molar refractivity (Wildman–Crippen MR) is 244 cm³/mol. The molecule has 2 aliphatic heterocycles. The number of nitrogens with zero attached hydrogens (tertiary/aromatic N) is 3. The Balaban J connectivity index is 1.04. The van der Waals surface area contributed by atoms with Crippen molar-refractivity contribution in [3.8, 4) is 34.4 Å². The molecule has 0 saturated carbocycles. The molecule has 0 saturated heterocycles. The van der Waals surface area contributed by atoms with Crippen molar-refractivity contribution in [2.45, 2.75) is 61.5 Å². The number of nitriles is 1. The van der Waals surface area contributed by atoms with Crippen LogP contribution in [0.4, 0.5) is 18.3 Å². The van der Waals surface area contributed by atoms with Gasteiger partial charge in [0, 0.05) is 13.0 Å². The summed E-state index contributed by atoms with van der Waals surface area (Å²) < 4.78 is 87.3. The highest BCUT2D eigenvalue weighted by Crippen LogP contribution is 2.43. The van der Waals surface area contributed by atoms with Crippen LogP contribution in [0.5, 0.6) is 17.2 Å². The number of carboxylic acid groups (broad SMARTS) is 1. The number of nitrogens with one attached hydrogen (secondary N) is 2. The van der Waals surface area contributed by atoms with Crippen LogP contribution in [0.2, 0.25) is 10.0 Å². The monoisotopic (exact) mass is 1010 g/mol. The van der Waals surface area contributed by atoms with Gasteiger partial charge in [-0.15, -0.1) is 0 Å². The normalized spacial score (nSPS) is 16.2. The summed E-state index contributed by atoms with van der Waals surface area (Å²) in [5.74, 6) is -3.58. The van der Waals surface area contributed by atoms with E-state index in [0.717, 1.165) is 26.6 Å². The molecular weight excluding hydrogens is 971 g/mol. The summed E-state index contributed by atoms with van der Waals surface area (Å²) in [4.78, 5) is 42.6. The molecule has 8 rings (SSSR count). The number of anilines is 1. The molecule has 2 aliphatic rings. The highest BCUT2D eigenvalue weighted by atomic mass is 35.5. The second kappa shape index (κ2) is 19.5. The van der Waals surface area contributed by atoms with Crippen molar-refractivity contribution in [2.24, 2.45) is 0 Å². The van der Waals surface area contributed by atoms with Gasteiger partial charge in [0.1, 0.15) is 31.0 Å². The first kappa shape index (κ1) is 47.8. The number of hydrogen-bond acceptors (Lipinski definition) is 11. The van der Waals surface area contributed by atoms with Crippen LogP contribution in [0, 0.1) is 18.3 Å². The van der Waals surface area contributed by atoms with Crippen molar-refractivity contribution >= 4 is 67.5 Å². The van der Waals surface area contributed by atoms with Crippen LogP contribution in [-0.4, -0.2) is 65.5 Å². The van der Waals surface area contributed by atoms with Gasteiger partial charge in [-0.25, -0.2) is 18.2 Å². The van der Waals surface area contributed by atoms with Crippen molar-refractivity contribution in [1.82, 2.24) is 14.6 Å². The molecule has 3 N–H and O–H groups in total. The number of halogens is 5. The highest BCUT2D eigenvalue weighted by molar-refractivity contribution is 7.91. The molecule has 2 amide bonds. The molecule has 0 fully saturated rings. The van der Waals surface area contributed by atoms with Gasteiger partial charge in [-0.05, 0) is 101 Å². The van der Waals surface area contributed by atoms with E-state index in [-0.39, 0.29) is 48.8 Å². The quantitative estimate of drug-likeness (QED) is 0.1000. The van der Waals surface area contributed by atoms with E-state index in [9.17, 15) is 41.1 Å². The summed E-state index contributed by atoms with van der Waals surface area (Å²) in [6.07, 6.45) is -6.35. The van der Waals surface area contributed by atoms with Crippen molar-refractivity contribution in [2.75, 3.05) is 11.9 Å². The van der Waals surface area contributed by atoms with Gasteiger partial charge in [0.05, 0.1) is 27.4 Å². The number of carbonyl (C=O) groups is 3. The van der Waals surface area contributed by atoms with E-state index in [1.165, 1.54) is 6.92 Å². The van der Waals surface area contributed by atoms with Gasteiger partial charge in [-0.3, -0.25) is 14.9 Å². The van der Waals surface area contributed by atoms with E-state index in [1.807, 2.05) is 0 Å². The summed E-state index contributed by atoms with van der Waals surface area (Å²) in [7, 11) is -4.80. The number of carboxylic acids is 1. The first-order valence-electron chi connectivity index (χ1n) is 20.5. The third-order valence-corrected chi connectivity index (χ3v) is 15.3. The van der Waals surface area contributed by atoms with E-state index in [4.69, 9.17) is 42.7 Å². The molecule has 0 aliphatic carbocycles. The van der Waals surface area contributed by atoms with E-state index < -0.39 is 68.1 Å². The molecule has 1 aromatic heterocycles. The molecule has 14 nitrogen and oxygen atoms in total. The minimum atomic E-state index is -5.29. The maximum absolute atomic E-state index is 14.6. The molecule has 5 aromatic carbocycles. The van der Waals surface area contributed by atoms with E-state index in [1.54, 1.807) is 108 Å². The van der Waals surface area contributed by atoms with Crippen LogP contribution in [0.15, 0.2) is 107 Å². The first-order valence-corrected chi connectivity index (χ1v) is 23.5. The van der Waals surface area contributed by atoms with Crippen LogP contribution < -0.4 is 24.8 Å². The number of carbonyl (C=O) groups excluding carboxylic acids is 2. The Morgan fingerprint density at radius 1 is 0.941 bits per heavy atom. The maximum atomic E-state index is 14.6. The lowest BCUT2D eigenvalue weighted by molar-refractivity contribution is -0.167. The van der Waals surface area contributed by atoms with Crippen LogP contribution in [-0.2, 0) is 50.4 Å². The van der Waals surface area contributed by atoms with Crippen molar-refractivity contribution in [3.05, 3.63) is 152 Å². The molecule has 0 bridgehead atoms. The Morgan fingerprint density at radius 3 is 2.25 bits per heavy atom. The molecule has 3 heterocycles. The van der Waals surface area contributed by atoms with E-state index >= 15 is 0 Å². The Morgan fingerprint density at radius 2 is 1.60 bits per heavy atom. The van der Waals surface area contributed by atoms with Gasteiger partial charge < -0.3 is 24.6 Å². The van der Waals surface area contributed by atoms with Crippen LogP contribution in [0.1, 0.15) is 45.2 Å². The molecule has 68 heavy (non-hydrogen) atoms. The number of aliphatic carboxylic acids is 1. The number of ether oxygens (including phenoxy) is 3. The zero-order valence-electron chi connectivity index (χ0n) is 35.3. The van der Waals surface area contributed by atoms with Gasteiger partial charge in [0.2, 0.25) is 5.91 Å². The number of aryl methyl sites for hydroxylation is 1. The Labute approximate surface area is 400 Å². The molecule has 3 atom stereocenters. The topological polar surface area (TPSA) is 197 Å². The molecule has 350 valence electrons. The average Bonchev–Trinajstić information content (AvgIpc) is 3.70. The number of alkyl halides is 3. The lowest BCUT2D eigenvalue weighted by Gasteiger charge is -2.36. The van der Waals surface area contributed by atoms with Crippen molar-refractivity contribution in [3.63, 3.8) is 0 Å². The van der Waals surface area contributed by atoms with Crippen LogP contribution in [0.25, 0.3) is 11.1 Å². The number of thiazole rings is 1. The number of fused-ring (bicyclic) bond motifs is 2. The number of benzene rings is 5. The van der Waals surface area contributed by atoms with Crippen LogP contribution >= 0.6 is 34.5 Å². The minimum Gasteiger partial charge on any atom is -0.489 e. The lowest BCUT2D eigenvalue weighted by Crippen LogP contribution is -2.55. The number of sulfonamides is 1. The predicted octanol–water partition coefficient (Wildman–Crippen LogP) is 8.82. The van der Waals surface area contributed by atoms with Gasteiger partial charge in [0.15, 0.2) is 26.9 Å². The molecule has 0 spiro atoms. The number of amides is 2. The van der Waals surface area contributed by atoms with E-state index in [0.29, 0.717) is 43.8 Å². The molecule has 3 unspecified atom stereocenters. The third-order valence-electron chi connectivity index (χ3n) is 11.1. The highest BCUT2D eigenvalue weighted by Gasteiger charge is 2.44. The minimum absolute atomic E-state index is 0.0896. The SMILES string of the molecule is Cc1nc(NC(=O)C(F)(F)F)sc1S(=O)(=O)N1Cc2cc3c(cc2CC1C(=O)NC(Cc1ccc(-c2ccc(C#N)cc2)cc1)C(=O)O)OCC(c1ccc(OCc2ccc(Cl)c(Cl)c2)cc1)O3. The maximum Gasteiger partial charge on any atom is 0.471 e. The van der Waals surface area contributed by atoms with Gasteiger partial charge >= 0.3 is 18.1 Å². The fourth-order valence-corrected chi connectivity index (χ4v) is 11.0. The number of rotatable bonds is 13. The Bertz CT molecular complexity index is 3080. The van der Waals surface area contributed by atoms with Gasteiger partial charge in [0.25, 0.3) is 10.0 Å². The summed E-state index contributed by atoms with van der Waals surface area (Å²) >= 11 is 12.4. The molecule has 21 heteroatoms. The summed E-state index contributed by atoms with van der Waals surface area (Å²) in [6.45, 7) is 1.09. The second-order valence-electron chi connectivity index (χ2n) is 15.7. The standard InChI is InChI=1S/C47H36Cl2F3N5O9S2/c1-25-44(67-46(54-25)56-45(61)47(50,51)52)68(62,63)57-22-33-20-40-39(65-24-41(66-40)31-11-13-34(14-12-31)64-23-28-6-15-35(48)36(49)16-28)19-32(33)18-38(57)42(58)55-37(43(59)60)17-26-2-7-29(8-3-26)30-9-4-27(21-53)5-10-30/h2-16,19-20,37-38,41H,17-18,22-24H2,1H3,(H,55,58)(H,59,60)(H,54,56,61). The first-order chi connectivity index (χ1) is 32.4. The molecule has 0 radical (unpaired) electrons.